The van der Waals surface area contributed by atoms with E-state index in [1.807, 2.05) is 6.07 Å². The second-order valence-electron chi connectivity index (χ2n) is 3.55. The summed E-state index contributed by atoms with van der Waals surface area (Å²) in [5.74, 6) is 0.0817. The highest BCUT2D eigenvalue weighted by atomic mass is 16.3. The molecule has 0 fully saturated rings. The van der Waals surface area contributed by atoms with Gasteiger partial charge in [0.25, 0.3) is 5.82 Å². The number of benzene rings is 1. The molecule has 17 heavy (non-hydrogen) atoms. The lowest BCUT2D eigenvalue weighted by molar-refractivity contribution is 0.152. The highest BCUT2D eigenvalue weighted by Crippen LogP contribution is 2.20. The molecule has 1 atom stereocenters. The van der Waals surface area contributed by atoms with E-state index in [1.165, 1.54) is 11.0 Å². The van der Waals surface area contributed by atoms with Gasteiger partial charge < -0.3 is 10.8 Å². The summed E-state index contributed by atoms with van der Waals surface area (Å²) in [6.07, 6.45) is 0.630. The van der Waals surface area contributed by atoms with Gasteiger partial charge >= 0.3 is 0 Å². The largest absolute Gasteiger partial charge is 0.398 e. The lowest BCUT2D eigenvalue weighted by Crippen LogP contribution is -2.11. The van der Waals surface area contributed by atoms with Crippen LogP contribution < -0.4 is 5.73 Å². The molecule has 0 amide bonds. The Morgan fingerprint density at radius 1 is 1.47 bits per heavy atom. The Kier molecular flexibility index (Phi) is 3.03. The fourth-order valence-electron chi connectivity index (χ4n) is 1.52. The monoisotopic (exact) mass is 229 g/mol. The van der Waals surface area contributed by atoms with Gasteiger partial charge in [0.2, 0.25) is 0 Å². The number of para-hydroxylation sites is 1. The van der Waals surface area contributed by atoms with Crippen molar-refractivity contribution in [3.63, 3.8) is 0 Å². The molecule has 1 aromatic heterocycles. The summed E-state index contributed by atoms with van der Waals surface area (Å²) >= 11 is 0. The molecule has 1 heterocycles. The molecule has 1 aromatic carbocycles. The third-order valence-corrected chi connectivity index (χ3v) is 2.35. The molecule has 0 saturated heterocycles. The summed E-state index contributed by atoms with van der Waals surface area (Å²) in [6.45, 7) is 0.211. The maximum atomic E-state index is 9.99. The molecular formula is C11H11N5O. The zero-order valence-corrected chi connectivity index (χ0v) is 8.98. The molecule has 3 N–H and O–H groups in total. The number of aromatic nitrogens is 3. The maximum Gasteiger partial charge on any atom is 0.252 e. The molecule has 0 saturated carbocycles. The Hall–Kier alpha value is -2.39. The standard InChI is InChI=1S/C11H11N5O/c12-5-11-14-7-16(15-11)6-10(17)8-3-1-2-4-9(8)13/h1-4,7,10,17H,6,13H2. The van der Waals surface area contributed by atoms with Crippen LogP contribution in [-0.4, -0.2) is 19.9 Å². The van der Waals surface area contributed by atoms with Gasteiger partial charge in [0.05, 0.1) is 6.54 Å². The van der Waals surface area contributed by atoms with Crippen molar-refractivity contribution in [3.8, 4) is 6.07 Å². The first-order chi connectivity index (χ1) is 8.20. The van der Waals surface area contributed by atoms with E-state index in [1.54, 1.807) is 24.3 Å². The molecule has 0 radical (unpaired) electrons. The number of hydrogen-bond donors (Lipinski definition) is 2. The van der Waals surface area contributed by atoms with Crippen LogP contribution in [0, 0.1) is 11.3 Å². The zero-order valence-electron chi connectivity index (χ0n) is 8.98. The van der Waals surface area contributed by atoms with Crippen molar-refractivity contribution in [1.29, 1.82) is 5.26 Å². The van der Waals surface area contributed by atoms with Crippen molar-refractivity contribution >= 4 is 5.69 Å². The third kappa shape index (κ3) is 2.41. The summed E-state index contributed by atoms with van der Waals surface area (Å²) < 4.78 is 1.41. The van der Waals surface area contributed by atoms with E-state index in [9.17, 15) is 5.11 Å². The topological polar surface area (TPSA) is 101 Å². The lowest BCUT2D eigenvalue weighted by atomic mass is 10.1. The third-order valence-electron chi connectivity index (χ3n) is 2.35. The van der Waals surface area contributed by atoms with Gasteiger partial charge in [-0.05, 0) is 6.07 Å². The van der Waals surface area contributed by atoms with E-state index in [-0.39, 0.29) is 12.4 Å². The van der Waals surface area contributed by atoms with Crippen molar-refractivity contribution in [3.05, 3.63) is 42.0 Å². The average Bonchev–Trinajstić information content (AvgIpc) is 2.77. The van der Waals surface area contributed by atoms with Gasteiger partial charge in [-0.2, -0.15) is 5.26 Å². The van der Waals surface area contributed by atoms with Crippen LogP contribution in [0.4, 0.5) is 5.69 Å². The molecule has 86 valence electrons. The number of nitriles is 1. The van der Waals surface area contributed by atoms with Gasteiger partial charge in [-0.25, -0.2) is 9.67 Å². The Bertz CT molecular complexity index is 557. The van der Waals surface area contributed by atoms with Gasteiger partial charge in [-0.15, -0.1) is 5.10 Å². The highest BCUT2D eigenvalue weighted by molar-refractivity contribution is 5.47. The van der Waals surface area contributed by atoms with Gasteiger partial charge in [0, 0.05) is 11.3 Å². The quantitative estimate of drug-likeness (QED) is 0.745. The number of nitrogens with zero attached hydrogens (tertiary/aromatic N) is 4. The molecule has 0 spiro atoms. The van der Waals surface area contributed by atoms with Crippen molar-refractivity contribution < 1.29 is 5.11 Å². The van der Waals surface area contributed by atoms with E-state index < -0.39 is 6.10 Å². The summed E-state index contributed by atoms with van der Waals surface area (Å²) in [7, 11) is 0. The molecule has 0 aliphatic rings. The number of aliphatic hydroxyl groups is 1. The minimum Gasteiger partial charge on any atom is -0.398 e. The molecule has 0 aliphatic carbocycles. The molecule has 6 heteroatoms. The summed E-state index contributed by atoms with van der Waals surface area (Å²) in [5.41, 5.74) is 6.92. The van der Waals surface area contributed by atoms with Crippen molar-refractivity contribution in [2.75, 3.05) is 5.73 Å². The van der Waals surface area contributed by atoms with Crippen LogP contribution in [0.25, 0.3) is 0 Å². The first-order valence-electron chi connectivity index (χ1n) is 5.02. The normalized spacial score (nSPS) is 12.0. The number of hydrogen-bond acceptors (Lipinski definition) is 5. The van der Waals surface area contributed by atoms with Crippen molar-refractivity contribution in [2.24, 2.45) is 0 Å². The average molecular weight is 229 g/mol. The summed E-state index contributed by atoms with van der Waals surface area (Å²) in [6, 6.07) is 8.90. The van der Waals surface area contributed by atoms with Crippen LogP contribution >= 0.6 is 0 Å². The van der Waals surface area contributed by atoms with Crippen molar-refractivity contribution in [1.82, 2.24) is 14.8 Å². The van der Waals surface area contributed by atoms with E-state index >= 15 is 0 Å². The van der Waals surface area contributed by atoms with Gasteiger partial charge in [0.15, 0.2) is 0 Å². The Morgan fingerprint density at radius 3 is 2.88 bits per heavy atom. The fraction of sp³-hybridized carbons (Fsp3) is 0.182. The minimum atomic E-state index is -0.774. The van der Waals surface area contributed by atoms with E-state index in [2.05, 4.69) is 10.1 Å². The molecular weight excluding hydrogens is 218 g/mol. The Balaban J connectivity index is 2.14. The molecule has 2 rings (SSSR count). The second kappa shape index (κ2) is 4.63. The number of aliphatic hydroxyl groups excluding tert-OH is 1. The number of nitrogens with two attached hydrogens (primary N) is 1. The smallest absolute Gasteiger partial charge is 0.252 e. The first-order valence-corrected chi connectivity index (χ1v) is 5.02. The van der Waals surface area contributed by atoms with Gasteiger partial charge in [-0.3, -0.25) is 0 Å². The molecule has 6 nitrogen and oxygen atoms in total. The van der Waals surface area contributed by atoms with Crippen LogP contribution in [0.15, 0.2) is 30.6 Å². The van der Waals surface area contributed by atoms with Gasteiger partial charge in [-0.1, -0.05) is 18.2 Å². The van der Waals surface area contributed by atoms with E-state index in [4.69, 9.17) is 11.0 Å². The second-order valence-corrected chi connectivity index (χ2v) is 3.55. The maximum absolute atomic E-state index is 9.99. The van der Waals surface area contributed by atoms with Crippen LogP contribution in [-0.2, 0) is 6.54 Å². The Labute approximate surface area is 97.9 Å². The minimum absolute atomic E-state index is 0.0817. The molecule has 0 bridgehead atoms. The predicted octanol–water partition coefficient (Wildman–Crippen LogP) is 0.466. The Morgan fingerprint density at radius 2 is 2.24 bits per heavy atom. The molecule has 1 unspecified atom stereocenters. The predicted molar refractivity (Wildman–Crippen MR) is 60.6 cm³/mol. The van der Waals surface area contributed by atoms with Crippen molar-refractivity contribution in [2.45, 2.75) is 12.6 Å². The summed E-state index contributed by atoms with van der Waals surface area (Å²) in [5, 5.41) is 22.4. The zero-order chi connectivity index (χ0) is 12.3. The van der Waals surface area contributed by atoms with Crippen LogP contribution in [0.3, 0.4) is 0 Å². The fourth-order valence-corrected chi connectivity index (χ4v) is 1.52. The number of rotatable bonds is 3. The number of anilines is 1. The first kappa shape index (κ1) is 11.1. The van der Waals surface area contributed by atoms with Gasteiger partial charge in [0.1, 0.15) is 18.5 Å². The van der Waals surface area contributed by atoms with Crippen LogP contribution in [0.1, 0.15) is 17.5 Å². The highest BCUT2D eigenvalue weighted by Gasteiger charge is 2.12. The number of nitrogen functional groups attached to an aromatic ring is 1. The lowest BCUT2D eigenvalue weighted by Gasteiger charge is -2.12. The van der Waals surface area contributed by atoms with E-state index in [0.29, 0.717) is 11.3 Å². The van der Waals surface area contributed by atoms with E-state index in [0.717, 1.165) is 0 Å². The van der Waals surface area contributed by atoms with Crippen LogP contribution in [0.2, 0.25) is 0 Å². The molecule has 2 aromatic rings. The van der Waals surface area contributed by atoms with Crippen LogP contribution in [0.5, 0.6) is 0 Å². The molecule has 0 aliphatic heterocycles. The summed E-state index contributed by atoms with van der Waals surface area (Å²) in [4.78, 5) is 3.75. The SMILES string of the molecule is N#Cc1ncn(CC(O)c2ccccc2N)n1.